The summed E-state index contributed by atoms with van der Waals surface area (Å²) in [5.41, 5.74) is 3.36. The smallest absolute Gasteiger partial charge is 0.0233 e. The standard InChI is InChI=1S/C19H32N2/c1-5-21(6-2)15-17-9-7-16(8-10-17)14-20-18-11-12-19(3,4)13-18/h7-10,18,20H,5-6,11-15H2,1-4H3. The molecular weight excluding hydrogens is 256 g/mol. The number of nitrogens with zero attached hydrogens (tertiary/aromatic N) is 1. The summed E-state index contributed by atoms with van der Waals surface area (Å²) in [4.78, 5) is 2.45. The maximum absolute atomic E-state index is 3.73. The van der Waals surface area contributed by atoms with E-state index in [0.717, 1.165) is 26.2 Å². The van der Waals surface area contributed by atoms with Crippen molar-refractivity contribution in [2.45, 2.75) is 66.1 Å². The van der Waals surface area contributed by atoms with Crippen molar-refractivity contribution < 1.29 is 0 Å². The first-order chi connectivity index (χ1) is 10.0. The number of hydrogen-bond donors (Lipinski definition) is 1. The van der Waals surface area contributed by atoms with E-state index in [-0.39, 0.29) is 0 Å². The van der Waals surface area contributed by atoms with Crippen LogP contribution < -0.4 is 5.32 Å². The molecule has 0 spiro atoms. The third kappa shape index (κ3) is 5.12. The Morgan fingerprint density at radius 2 is 1.71 bits per heavy atom. The lowest BCUT2D eigenvalue weighted by molar-refractivity contribution is 0.296. The highest BCUT2D eigenvalue weighted by molar-refractivity contribution is 5.22. The average molecular weight is 288 g/mol. The molecule has 1 saturated carbocycles. The van der Waals surface area contributed by atoms with Gasteiger partial charge >= 0.3 is 0 Å². The van der Waals surface area contributed by atoms with Gasteiger partial charge in [0.1, 0.15) is 0 Å². The van der Waals surface area contributed by atoms with E-state index in [1.54, 1.807) is 0 Å². The van der Waals surface area contributed by atoms with Crippen LogP contribution in [0, 0.1) is 5.41 Å². The normalized spacial score (nSPS) is 21.1. The fourth-order valence-corrected chi connectivity index (χ4v) is 3.34. The fourth-order valence-electron chi connectivity index (χ4n) is 3.34. The number of nitrogens with one attached hydrogen (secondary N) is 1. The zero-order valence-electron chi connectivity index (χ0n) is 14.3. The number of rotatable bonds is 7. The summed E-state index contributed by atoms with van der Waals surface area (Å²) < 4.78 is 0. The molecule has 1 unspecified atom stereocenters. The van der Waals surface area contributed by atoms with Crippen LogP contribution in [0.1, 0.15) is 58.1 Å². The van der Waals surface area contributed by atoms with Crippen LogP contribution in [0.5, 0.6) is 0 Å². The van der Waals surface area contributed by atoms with Crippen molar-refractivity contribution >= 4 is 0 Å². The lowest BCUT2D eigenvalue weighted by Crippen LogP contribution is -2.26. The van der Waals surface area contributed by atoms with Gasteiger partial charge in [0, 0.05) is 19.1 Å². The van der Waals surface area contributed by atoms with Gasteiger partial charge in [0.05, 0.1) is 0 Å². The highest BCUT2D eigenvalue weighted by Crippen LogP contribution is 2.36. The molecule has 1 atom stereocenters. The van der Waals surface area contributed by atoms with Crippen LogP contribution in [0.4, 0.5) is 0 Å². The molecule has 2 nitrogen and oxygen atoms in total. The van der Waals surface area contributed by atoms with E-state index in [4.69, 9.17) is 0 Å². The topological polar surface area (TPSA) is 15.3 Å². The molecule has 0 radical (unpaired) electrons. The fraction of sp³-hybridized carbons (Fsp3) is 0.684. The molecule has 2 rings (SSSR count). The lowest BCUT2D eigenvalue weighted by Gasteiger charge is -2.19. The van der Waals surface area contributed by atoms with E-state index in [1.807, 2.05) is 0 Å². The molecule has 1 aromatic carbocycles. The van der Waals surface area contributed by atoms with E-state index in [9.17, 15) is 0 Å². The van der Waals surface area contributed by atoms with Crippen LogP contribution in [0.2, 0.25) is 0 Å². The van der Waals surface area contributed by atoms with Crippen molar-refractivity contribution in [1.29, 1.82) is 0 Å². The minimum Gasteiger partial charge on any atom is -0.310 e. The molecule has 1 aromatic rings. The van der Waals surface area contributed by atoms with Crippen LogP contribution in [-0.2, 0) is 13.1 Å². The monoisotopic (exact) mass is 288 g/mol. The molecule has 1 N–H and O–H groups in total. The van der Waals surface area contributed by atoms with Crippen LogP contribution in [-0.4, -0.2) is 24.0 Å². The maximum Gasteiger partial charge on any atom is 0.0233 e. The number of benzene rings is 1. The van der Waals surface area contributed by atoms with E-state index >= 15 is 0 Å². The first kappa shape index (κ1) is 16.5. The van der Waals surface area contributed by atoms with Gasteiger partial charge in [0.25, 0.3) is 0 Å². The first-order valence-corrected chi connectivity index (χ1v) is 8.56. The second-order valence-electron chi connectivity index (χ2n) is 7.26. The molecule has 0 heterocycles. The Labute approximate surface area is 130 Å². The summed E-state index contributed by atoms with van der Waals surface area (Å²) in [5, 5.41) is 3.73. The van der Waals surface area contributed by atoms with Gasteiger partial charge in [-0.1, -0.05) is 52.0 Å². The van der Waals surface area contributed by atoms with Crippen molar-refractivity contribution in [1.82, 2.24) is 10.2 Å². The van der Waals surface area contributed by atoms with Gasteiger partial charge in [-0.15, -0.1) is 0 Å². The molecule has 0 bridgehead atoms. The summed E-state index contributed by atoms with van der Waals surface area (Å²) in [7, 11) is 0. The minimum atomic E-state index is 0.533. The van der Waals surface area contributed by atoms with Crippen molar-refractivity contribution in [3.63, 3.8) is 0 Å². The molecule has 1 fully saturated rings. The molecule has 118 valence electrons. The Balaban J connectivity index is 1.80. The highest BCUT2D eigenvalue weighted by atomic mass is 15.1. The molecule has 0 amide bonds. The maximum atomic E-state index is 3.73. The van der Waals surface area contributed by atoms with Gasteiger partial charge < -0.3 is 5.32 Å². The third-order valence-electron chi connectivity index (χ3n) is 4.89. The molecule has 0 aromatic heterocycles. The molecule has 21 heavy (non-hydrogen) atoms. The number of hydrogen-bond acceptors (Lipinski definition) is 2. The molecule has 0 aliphatic heterocycles. The predicted molar refractivity (Wildman–Crippen MR) is 91.3 cm³/mol. The molecule has 1 aliphatic rings. The van der Waals surface area contributed by atoms with Gasteiger partial charge in [-0.2, -0.15) is 0 Å². The quantitative estimate of drug-likeness (QED) is 0.809. The Kier molecular flexibility index (Phi) is 5.83. The predicted octanol–water partition coefficient (Wildman–Crippen LogP) is 4.20. The van der Waals surface area contributed by atoms with Gasteiger partial charge in [-0.05, 0) is 48.9 Å². The van der Waals surface area contributed by atoms with Gasteiger partial charge in [0.2, 0.25) is 0 Å². The first-order valence-electron chi connectivity index (χ1n) is 8.56. The van der Waals surface area contributed by atoms with Crippen LogP contribution in [0.3, 0.4) is 0 Å². The van der Waals surface area contributed by atoms with E-state index < -0.39 is 0 Å². The van der Waals surface area contributed by atoms with Gasteiger partial charge in [0.15, 0.2) is 0 Å². The molecular formula is C19H32N2. The van der Waals surface area contributed by atoms with Crippen molar-refractivity contribution in [3.8, 4) is 0 Å². The summed E-state index contributed by atoms with van der Waals surface area (Å²) in [6.45, 7) is 13.5. The summed E-state index contributed by atoms with van der Waals surface area (Å²) in [6.07, 6.45) is 3.99. The summed E-state index contributed by atoms with van der Waals surface area (Å²) in [5.74, 6) is 0. The van der Waals surface area contributed by atoms with E-state index in [0.29, 0.717) is 11.5 Å². The van der Waals surface area contributed by atoms with Crippen LogP contribution in [0.25, 0.3) is 0 Å². The van der Waals surface area contributed by atoms with Gasteiger partial charge in [-0.3, -0.25) is 4.90 Å². The minimum absolute atomic E-state index is 0.533. The Bertz CT molecular complexity index is 418. The van der Waals surface area contributed by atoms with E-state index in [1.165, 1.54) is 30.4 Å². The second-order valence-corrected chi connectivity index (χ2v) is 7.26. The molecule has 0 saturated heterocycles. The Morgan fingerprint density at radius 3 is 2.24 bits per heavy atom. The lowest BCUT2D eigenvalue weighted by atomic mass is 9.92. The summed E-state index contributed by atoms with van der Waals surface area (Å²) in [6, 6.07) is 9.84. The SMILES string of the molecule is CCN(CC)Cc1ccc(CNC2CCC(C)(C)C2)cc1. The zero-order valence-corrected chi connectivity index (χ0v) is 14.3. The largest absolute Gasteiger partial charge is 0.310 e. The van der Waals surface area contributed by atoms with E-state index in [2.05, 4.69) is 62.2 Å². The summed E-state index contributed by atoms with van der Waals surface area (Å²) >= 11 is 0. The van der Waals surface area contributed by atoms with Crippen LogP contribution in [0.15, 0.2) is 24.3 Å². The van der Waals surface area contributed by atoms with Crippen LogP contribution >= 0.6 is 0 Å². The van der Waals surface area contributed by atoms with Crippen molar-refractivity contribution in [2.24, 2.45) is 5.41 Å². The van der Waals surface area contributed by atoms with Gasteiger partial charge in [-0.25, -0.2) is 0 Å². The van der Waals surface area contributed by atoms with Crippen molar-refractivity contribution in [2.75, 3.05) is 13.1 Å². The highest BCUT2D eigenvalue weighted by Gasteiger charge is 2.30. The third-order valence-corrected chi connectivity index (χ3v) is 4.89. The molecule has 1 aliphatic carbocycles. The molecule has 2 heteroatoms. The Hall–Kier alpha value is -0.860. The zero-order chi connectivity index (χ0) is 15.3. The van der Waals surface area contributed by atoms with Crippen molar-refractivity contribution in [3.05, 3.63) is 35.4 Å². The Morgan fingerprint density at radius 1 is 1.10 bits per heavy atom. The second kappa shape index (κ2) is 7.42. The average Bonchev–Trinajstić information content (AvgIpc) is 2.83.